The Morgan fingerprint density at radius 2 is 2.28 bits per heavy atom. The topological polar surface area (TPSA) is 20.3 Å². The zero-order valence-corrected chi connectivity index (χ0v) is 12.2. The first-order valence-corrected chi connectivity index (χ1v) is 8.67. The van der Waals surface area contributed by atoms with Gasteiger partial charge >= 0.3 is 0 Å². The second-order valence-corrected chi connectivity index (χ2v) is 7.02. The maximum absolute atomic E-state index is 12.0. The van der Waals surface area contributed by atoms with E-state index < -0.39 is 0 Å². The normalized spacial score (nSPS) is 19.7. The molecule has 2 aromatic heterocycles. The van der Waals surface area contributed by atoms with Crippen LogP contribution in [0.1, 0.15) is 15.8 Å². The lowest BCUT2D eigenvalue weighted by Crippen LogP contribution is -2.30. The van der Waals surface area contributed by atoms with E-state index >= 15 is 0 Å². The highest BCUT2D eigenvalue weighted by molar-refractivity contribution is 8.00. The fourth-order valence-electron chi connectivity index (χ4n) is 2.07. The maximum atomic E-state index is 12.0. The van der Waals surface area contributed by atoms with Gasteiger partial charge in [-0.1, -0.05) is 6.07 Å². The van der Waals surface area contributed by atoms with E-state index in [9.17, 15) is 4.79 Å². The molecule has 1 aliphatic heterocycles. The van der Waals surface area contributed by atoms with Crippen molar-refractivity contribution in [3.63, 3.8) is 0 Å². The smallest absolute Gasteiger partial charge is 0.233 e. The molecule has 0 aliphatic carbocycles. The lowest BCUT2D eigenvalue weighted by atomic mass is 10.2. The summed E-state index contributed by atoms with van der Waals surface area (Å²) in [5.74, 6) is 0.887. The highest BCUT2D eigenvalue weighted by Crippen LogP contribution is 2.39. The van der Waals surface area contributed by atoms with E-state index in [2.05, 4.69) is 34.3 Å². The third-order valence-corrected chi connectivity index (χ3v) is 5.87. The van der Waals surface area contributed by atoms with E-state index in [-0.39, 0.29) is 11.3 Å². The van der Waals surface area contributed by atoms with Gasteiger partial charge in [-0.3, -0.25) is 4.79 Å². The molecule has 18 heavy (non-hydrogen) atoms. The Morgan fingerprint density at radius 1 is 1.33 bits per heavy atom. The molecular formula is C13H13NOS3. The van der Waals surface area contributed by atoms with Gasteiger partial charge in [0.05, 0.1) is 5.75 Å². The number of rotatable bonds is 4. The van der Waals surface area contributed by atoms with E-state index in [0.717, 1.165) is 13.0 Å². The number of amides is 1. The average Bonchev–Trinajstić information content (AvgIpc) is 3.08. The van der Waals surface area contributed by atoms with Crippen LogP contribution < -0.4 is 0 Å². The number of hydrogen-bond donors (Lipinski definition) is 0. The van der Waals surface area contributed by atoms with E-state index in [4.69, 9.17) is 0 Å². The fraction of sp³-hybridized carbons (Fsp3) is 0.308. The van der Waals surface area contributed by atoms with Crippen molar-refractivity contribution in [2.24, 2.45) is 0 Å². The second-order valence-electron chi connectivity index (χ2n) is 4.14. The first kappa shape index (κ1) is 12.3. The molecule has 1 aliphatic rings. The van der Waals surface area contributed by atoms with Gasteiger partial charge < -0.3 is 4.90 Å². The number of carbonyl (C=O) groups excluding carboxylic acids is 1. The Morgan fingerprint density at radius 3 is 3.00 bits per heavy atom. The van der Waals surface area contributed by atoms with Crippen LogP contribution in [0.5, 0.6) is 0 Å². The molecule has 3 rings (SSSR count). The molecule has 3 heterocycles. The van der Waals surface area contributed by atoms with Crippen molar-refractivity contribution in [1.29, 1.82) is 0 Å². The van der Waals surface area contributed by atoms with E-state index in [1.807, 2.05) is 4.90 Å². The molecule has 94 valence electrons. The van der Waals surface area contributed by atoms with Crippen molar-refractivity contribution in [3.05, 3.63) is 44.8 Å². The van der Waals surface area contributed by atoms with Crippen molar-refractivity contribution >= 4 is 40.3 Å². The van der Waals surface area contributed by atoms with Crippen molar-refractivity contribution in [2.45, 2.75) is 11.8 Å². The van der Waals surface area contributed by atoms with E-state index in [0.29, 0.717) is 5.75 Å². The molecule has 0 spiro atoms. The SMILES string of the molecule is O=C1CSC(c2ccsc2)N1CCc1cccs1. The van der Waals surface area contributed by atoms with Gasteiger partial charge in [-0.25, -0.2) is 0 Å². The zero-order chi connectivity index (χ0) is 12.4. The summed E-state index contributed by atoms with van der Waals surface area (Å²) in [5, 5.41) is 6.54. The Bertz CT molecular complexity index is 506. The molecule has 0 aromatic carbocycles. The van der Waals surface area contributed by atoms with Gasteiger partial charge in [0, 0.05) is 11.4 Å². The second kappa shape index (κ2) is 5.47. The molecule has 1 fully saturated rings. The maximum Gasteiger partial charge on any atom is 0.233 e. The number of thiophene rings is 2. The fourth-order valence-corrected chi connectivity index (χ4v) is 4.74. The summed E-state index contributed by atoms with van der Waals surface area (Å²) in [4.78, 5) is 15.3. The number of hydrogen-bond acceptors (Lipinski definition) is 4. The van der Waals surface area contributed by atoms with Crippen molar-refractivity contribution in [2.75, 3.05) is 12.3 Å². The standard InChI is InChI=1S/C13H13NOS3/c15-12-9-18-13(10-4-7-16-8-10)14(12)5-3-11-2-1-6-17-11/h1-2,4,6-8,13H,3,5,9H2. The van der Waals surface area contributed by atoms with Gasteiger partial charge in [0.25, 0.3) is 0 Å². The van der Waals surface area contributed by atoms with Gasteiger partial charge in [-0.15, -0.1) is 23.1 Å². The lowest BCUT2D eigenvalue weighted by Gasteiger charge is -2.23. The largest absolute Gasteiger partial charge is 0.325 e. The molecule has 1 saturated heterocycles. The van der Waals surface area contributed by atoms with Gasteiger partial charge in [-0.05, 0) is 40.3 Å². The molecule has 2 aromatic rings. The highest BCUT2D eigenvalue weighted by atomic mass is 32.2. The van der Waals surface area contributed by atoms with Gasteiger partial charge in [-0.2, -0.15) is 11.3 Å². The minimum Gasteiger partial charge on any atom is -0.325 e. The van der Waals surface area contributed by atoms with Gasteiger partial charge in [0.2, 0.25) is 5.91 Å². The highest BCUT2D eigenvalue weighted by Gasteiger charge is 2.32. The summed E-state index contributed by atoms with van der Waals surface area (Å²) in [7, 11) is 0. The Kier molecular flexibility index (Phi) is 3.72. The monoisotopic (exact) mass is 295 g/mol. The number of thioether (sulfide) groups is 1. The summed E-state index contributed by atoms with van der Waals surface area (Å²) in [6.07, 6.45) is 0.963. The van der Waals surface area contributed by atoms with Crippen molar-refractivity contribution in [1.82, 2.24) is 4.90 Å². The molecule has 1 amide bonds. The van der Waals surface area contributed by atoms with Crippen molar-refractivity contribution in [3.8, 4) is 0 Å². The van der Waals surface area contributed by atoms with E-state index in [1.165, 1.54) is 10.4 Å². The summed E-state index contributed by atoms with van der Waals surface area (Å²) < 4.78 is 0. The van der Waals surface area contributed by atoms with E-state index in [1.54, 1.807) is 34.4 Å². The van der Waals surface area contributed by atoms with Crippen LogP contribution >= 0.6 is 34.4 Å². The molecule has 1 unspecified atom stereocenters. The minimum atomic E-state index is 0.226. The predicted octanol–water partition coefficient (Wildman–Crippen LogP) is 3.63. The lowest BCUT2D eigenvalue weighted by molar-refractivity contribution is -0.128. The third kappa shape index (κ3) is 2.48. The minimum absolute atomic E-state index is 0.226. The molecule has 0 radical (unpaired) electrons. The first-order chi connectivity index (χ1) is 8.84. The molecule has 0 saturated carbocycles. The molecule has 0 N–H and O–H groups in total. The Balaban J connectivity index is 1.70. The van der Waals surface area contributed by atoms with Crippen LogP contribution in [0.15, 0.2) is 34.3 Å². The third-order valence-electron chi connectivity index (χ3n) is 2.98. The van der Waals surface area contributed by atoms with Crippen LogP contribution in [-0.2, 0) is 11.2 Å². The summed E-state index contributed by atoms with van der Waals surface area (Å²) in [6, 6.07) is 6.33. The van der Waals surface area contributed by atoms with Crippen LogP contribution in [0, 0.1) is 0 Å². The summed E-state index contributed by atoms with van der Waals surface area (Å²) >= 11 is 5.20. The molecule has 5 heteroatoms. The zero-order valence-electron chi connectivity index (χ0n) is 9.74. The molecular weight excluding hydrogens is 282 g/mol. The van der Waals surface area contributed by atoms with Crippen LogP contribution in [0.4, 0.5) is 0 Å². The number of carbonyl (C=O) groups is 1. The van der Waals surface area contributed by atoms with Gasteiger partial charge in [0.15, 0.2) is 0 Å². The first-order valence-electron chi connectivity index (χ1n) is 5.80. The molecule has 0 bridgehead atoms. The van der Waals surface area contributed by atoms with Crippen LogP contribution in [-0.4, -0.2) is 23.1 Å². The molecule has 2 nitrogen and oxygen atoms in total. The van der Waals surface area contributed by atoms with Crippen LogP contribution in [0.3, 0.4) is 0 Å². The van der Waals surface area contributed by atoms with Gasteiger partial charge in [0.1, 0.15) is 5.37 Å². The Hall–Kier alpha value is -0.780. The quantitative estimate of drug-likeness (QED) is 0.858. The summed E-state index contributed by atoms with van der Waals surface area (Å²) in [6.45, 7) is 0.826. The Labute approximate surface area is 119 Å². The molecule has 1 atom stereocenters. The van der Waals surface area contributed by atoms with Crippen molar-refractivity contribution < 1.29 is 4.79 Å². The predicted molar refractivity (Wildman–Crippen MR) is 79.3 cm³/mol. The van der Waals surface area contributed by atoms with Crippen LogP contribution in [0.2, 0.25) is 0 Å². The number of nitrogens with zero attached hydrogens (tertiary/aromatic N) is 1. The summed E-state index contributed by atoms with van der Waals surface area (Å²) in [5.41, 5.74) is 1.27. The average molecular weight is 295 g/mol. The van der Waals surface area contributed by atoms with Crippen LogP contribution in [0.25, 0.3) is 0 Å².